The lowest BCUT2D eigenvalue weighted by molar-refractivity contribution is -0.114. The summed E-state index contributed by atoms with van der Waals surface area (Å²) in [5.41, 5.74) is 2.71. The van der Waals surface area contributed by atoms with Crippen molar-refractivity contribution < 1.29 is 13.2 Å². The highest BCUT2D eigenvalue weighted by atomic mass is 32.2. The van der Waals surface area contributed by atoms with Crippen LogP contribution in [0.3, 0.4) is 0 Å². The van der Waals surface area contributed by atoms with Crippen LogP contribution in [0.5, 0.6) is 0 Å². The number of anilines is 1. The van der Waals surface area contributed by atoms with Crippen molar-refractivity contribution in [3.05, 3.63) is 52.5 Å². The maximum absolute atomic E-state index is 12.9. The summed E-state index contributed by atoms with van der Waals surface area (Å²) in [5.74, 6) is -0.198. The molecule has 0 aliphatic carbocycles. The molecule has 1 atom stereocenters. The van der Waals surface area contributed by atoms with Crippen LogP contribution in [0.15, 0.2) is 41.3 Å². The topological polar surface area (TPSA) is 88.2 Å². The van der Waals surface area contributed by atoms with Crippen LogP contribution in [-0.4, -0.2) is 19.3 Å². The standard InChI is InChI=1S/C19H21N3O3S2/c1-11-10-18(12(2)9-16(11)20-14(4)23)27(24,25)22-13(3)19-21-15-7-5-6-8-17(15)26-19/h5-10,13,22H,1-4H3,(H,20,23)/t13-/m0/s1. The van der Waals surface area contributed by atoms with E-state index in [2.05, 4.69) is 15.0 Å². The van der Waals surface area contributed by atoms with Gasteiger partial charge in [-0.15, -0.1) is 11.3 Å². The number of carbonyl (C=O) groups is 1. The number of para-hydroxylation sites is 1. The minimum atomic E-state index is -3.74. The van der Waals surface area contributed by atoms with E-state index in [9.17, 15) is 13.2 Å². The lowest BCUT2D eigenvalue weighted by atomic mass is 10.1. The Hall–Kier alpha value is -2.29. The molecule has 0 bridgehead atoms. The number of sulfonamides is 1. The molecule has 6 nitrogen and oxygen atoms in total. The number of carbonyl (C=O) groups excluding carboxylic acids is 1. The second-order valence-corrected chi connectivity index (χ2v) is 9.22. The summed E-state index contributed by atoms with van der Waals surface area (Å²) in [6, 6.07) is 10.5. The van der Waals surface area contributed by atoms with Crippen LogP contribution >= 0.6 is 11.3 Å². The van der Waals surface area contributed by atoms with Crippen molar-refractivity contribution in [3.63, 3.8) is 0 Å². The smallest absolute Gasteiger partial charge is 0.241 e. The second-order valence-electron chi connectivity index (χ2n) is 6.48. The van der Waals surface area contributed by atoms with Gasteiger partial charge in [-0.1, -0.05) is 12.1 Å². The summed E-state index contributed by atoms with van der Waals surface area (Å²) in [6.45, 7) is 6.67. The van der Waals surface area contributed by atoms with Crippen molar-refractivity contribution >= 4 is 43.2 Å². The van der Waals surface area contributed by atoms with Crippen LogP contribution in [0.1, 0.15) is 36.0 Å². The Balaban J connectivity index is 1.89. The number of fused-ring (bicyclic) bond motifs is 1. The molecular formula is C19H21N3O3S2. The third-order valence-corrected chi connectivity index (χ3v) is 7.04. The molecule has 3 aromatic rings. The maximum atomic E-state index is 12.9. The molecule has 1 aromatic heterocycles. The highest BCUT2D eigenvalue weighted by molar-refractivity contribution is 7.89. The van der Waals surface area contributed by atoms with Gasteiger partial charge in [0, 0.05) is 12.6 Å². The average molecular weight is 404 g/mol. The van der Waals surface area contributed by atoms with E-state index >= 15 is 0 Å². The molecule has 27 heavy (non-hydrogen) atoms. The lowest BCUT2D eigenvalue weighted by Crippen LogP contribution is -2.27. The van der Waals surface area contributed by atoms with E-state index in [1.54, 1.807) is 32.9 Å². The van der Waals surface area contributed by atoms with Gasteiger partial charge in [-0.2, -0.15) is 0 Å². The quantitative estimate of drug-likeness (QED) is 0.676. The number of hydrogen-bond donors (Lipinski definition) is 2. The van der Waals surface area contributed by atoms with Gasteiger partial charge in [-0.05, 0) is 56.2 Å². The van der Waals surface area contributed by atoms with Gasteiger partial charge in [0.25, 0.3) is 0 Å². The fraction of sp³-hybridized carbons (Fsp3) is 0.263. The first-order chi connectivity index (χ1) is 12.7. The number of hydrogen-bond acceptors (Lipinski definition) is 5. The zero-order valence-electron chi connectivity index (χ0n) is 15.5. The molecule has 0 saturated heterocycles. The number of benzene rings is 2. The van der Waals surface area contributed by atoms with Gasteiger partial charge in [0.1, 0.15) is 5.01 Å². The second kappa shape index (κ2) is 7.38. The van der Waals surface area contributed by atoms with Gasteiger partial charge < -0.3 is 5.32 Å². The zero-order valence-corrected chi connectivity index (χ0v) is 17.2. The van der Waals surface area contributed by atoms with E-state index < -0.39 is 16.1 Å². The highest BCUT2D eigenvalue weighted by Crippen LogP contribution is 2.29. The number of rotatable bonds is 5. The van der Waals surface area contributed by atoms with Crippen LogP contribution < -0.4 is 10.0 Å². The normalized spacial score (nSPS) is 12.9. The Labute approximate surface area is 162 Å². The van der Waals surface area contributed by atoms with E-state index in [1.165, 1.54) is 18.3 Å². The molecule has 0 aliphatic heterocycles. The number of nitrogens with one attached hydrogen (secondary N) is 2. The number of amides is 1. The molecule has 8 heteroatoms. The molecular weight excluding hydrogens is 382 g/mol. The van der Waals surface area contributed by atoms with Crippen LogP contribution in [0, 0.1) is 13.8 Å². The van der Waals surface area contributed by atoms with Crippen LogP contribution in [0.2, 0.25) is 0 Å². The summed E-state index contributed by atoms with van der Waals surface area (Å²) in [6.07, 6.45) is 0. The fourth-order valence-electron chi connectivity index (χ4n) is 2.83. The Kier molecular flexibility index (Phi) is 5.32. The number of nitrogens with zero attached hydrogens (tertiary/aromatic N) is 1. The Morgan fingerprint density at radius 2 is 1.85 bits per heavy atom. The Bertz CT molecular complexity index is 1090. The van der Waals surface area contributed by atoms with Gasteiger partial charge in [0.2, 0.25) is 15.9 Å². The molecule has 142 valence electrons. The molecule has 0 spiro atoms. The predicted molar refractivity (Wildman–Crippen MR) is 109 cm³/mol. The minimum absolute atomic E-state index is 0.196. The SMILES string of the molecule is CC(=O)Nc1cc(C)c(S(=O)(=O)N[C@@H](C)c2nc3ccccc3s2)cc1C. The van der Waals surface area contributed by atoms with Crippen molar-refractivity contribution in [1.82, 2.24) is 9.71 Å². The van der Waals surface area contributed by atoms with E-state index in [4.69, 9.17) is 0 Å². The van der Waals surface area contributed by atoms with Crippen molar-refractivity contribution in [2.45, 2.75) is 38.6 Å². The van der Waals surface area contributed by atoms with Crippen LogP contribution in [0.4, 0.5) is 5.69 Å². The van der Waals surface area contributed by atoms with E-state index in [-0.39, 0.29) is 10.8 Å². The Morgan fingerprint density at radius 3 is 2.52 bits per heavy atom. The lowest BCUT2D eigenvalue weighted by Gasteiger charge is -2.16. The van der Waals surface area contributed by atoms with Crippen molar-refractivity contribution in [3.8, 4) is 0 Å². The number of aryl methyl sites for hydroxylation is 2. The molecule has 0 unspecified atom stereocenters. The number of thiazole rings is 1. The van der Waals surface area contributed by atoms with Gasteiger partial charge in [0.05, 0.1) is 21.2 Å². The molecule has 1 amide bonds. The van der Waals surface area contributed by atoms with Crippen LogP contribution in [-0.2, 0) is 14.8 Å². The molecule has 0 aliphatic rings. The zero-order chi connectivity index (χ0) is 19.8. The first kappa shape index (κ1) is 19.5. The number of aromatic nitrogens is 1. The first-order valence-corrected chi connectivity index (χ1v) is 10.7. The van der Waals surface area contributed by atoms with E-state index in [1.807, 2.05) is 24.3 Å². The highest BCUT2D eigenvalue weighted by Gasteiger charge is 2.23. The summed E-state index contributed by atoms with van der Waals surface area (Å²) in [5, 5.41) is 3.42. The molecule has 3 rings (SSSR count). The first-order valence-electron chi connectivity index (χ1n) is 8.44. The average Bonchev–Trinajstić information content (AvgIpc) is 3.01. The predicted octanol–water partition coefficient (Wildman–Crippen LogP) is 3.91. The third kappa shape index (κ3) is 4.18. The van der Waals surface area contributed by atoms with Gasteiger partial charge in [0.15, 0.2) is 0 Å². The molecule has 2 aromatic carbocycles. The minimum Gasteiger partial charge on any atom is -0.326 e. The van der Waals surface area contributed by atoms with Gasteiger partial charge in [-0.25, -0.2) is 18.1 Å². The molecule has 2 N–H and O–H groups in total. The fourth-order valence-corrected chi connectivity index (χ4v) is 5.39. The monoisotopic (exact) mass is 403 g/mol. The summed E-state index contributed by atoms with van der Waals surface area (Å²) in [4.78, 5) is 16.0. The van der Waals surface area contributed by atoms with Crippen molar-refractivity contribution in [2.75, 3.05) is 5.32 Å². The van der Waals surface area contributed by atoms with Gasteiger partial charge in [-0.3, -0.25) is 4.79 Å². The molecule has 0 radical (unpaired) electrons. The molecule has 0 saturated carbocycles. The summed E-state index contributed by atoms with van der Waals surface area (Å²) < 4.78 is 29.6. The van der Waals surface area contributed by atoms with Gasteiger partial charge >= 0.3 is 0 Å². The van der Waals surface area contributed by atoms with Crippen LogP contribution in [0.25, 0.3) is 10.2 Å². The maximum Gasteiger partial charge on any atom is 0.241 e. The third-order valence-electron chi connectivity index (χ3n) is 4.13. The van der Waals surface area contributed by atoms with E-state index in [0.717, 1.165) is 10.2 Å². The largest absolute Gasteiger partial charge is 0.326 e. The van der Waals surface area contributed by atoms with Crippen molar-refractivity contribution in [1.29, 1.82) is 0 Å². The molecule has 0 fully saturated rings. The summed E-state index contributed by atoms with van der Waals surface area (Å²) in [7, 11) is -3.74. The summed E-state index contributed by atoms with van der Waals surface area (Å²) >= 11 is 1.47. The molecule has 1 heterocycles. The Morgan fingerprint density at radius 1 is 1.15 bits per heavy atom. The van der Waals surface area contributed by atoms with Crippen molar-refractivity contribution in [2.24, 2.45) is 0 Å². The van der Waals surface area contributed by atoms with E-state index in [0.29, 0.717) is 21.8 Å².